The topological polar surface area (TPSA) is 50.7 Å². The maximum absolute atomic E-state index is 11.3. The number of nitrogens with one attached hydrogen (secondary N) is 1. The highest BCUT2D eigenvalue weighted by molar-refractivity contribution is 9.10. The zero-order valence-corrected chi connectivity index (χ0v) is 11.8. The van der Waals surface area contributed by atoms with Crippen molar-refractivity contribution in [2.45, 2.75) is 13.3 Å². The first-order valence-corrected chi connectivity index (χ1v) is 6.11. The average Bonchev–Trinajstić information content (AvgIpc) is 2.31. The second-order valence-corrected chi connectivity index (χ2v) is 4.43. The summed E-state index contributed by atoms with van der Waals surface area (Å²) in [5, 5.41) is 4.61. The molecule has 0 aromatic heterocycles. The first-order chi connectivity index (χ1) is 8.08. The first-order valence-electron chi connectivity index (χ1n) is 4.94. The number of methoxy groups -OCH3 is 1. The molecule has 17 heavy (non-hydrogen) atoms. The van der Waals surface area contributed by atoms with Crippen molar-refractivity contribution < 1.29 is 9.53 Å². The lowest BCUT2D eigenvalue weighted by atomic mass is 10.3. The van der Waals surface area contributed by atoms with Crippen LogP contribution in [0, 0.1) is 0 Å². The van der Waals surface area contributed by atoms with Crippen molar-refractivity contribution in [3.8, 4) is 0 Å². The van der Waals surface area contributed by atoms with Crippen molar-refractivity contribution in [2.24, 2.45) is 5.10 Å². The third-order valence-electron chi connectivity index (χ3n) is 2.00. The Morgan fingerprint density at radius 3 is 2.82 bits per heavy atom. The second-order valence-electron chi connectivity index (χ2n) is 3.14. The lowest BCUT2D eigenvalue weighted by molar-refractivity contribution is -0.132. The van der Waals surface area contributed by atoms with Gasteiger partial charge in [-0.05, 0) is 40.5 Å². The van der Waals surface area contributed by atoms with Crippen molar-refractivity contribution >= 4 is 44.9 Å². The normalized spacial score (nSPS) is 11.2. The third kappa shape index (κ3) is 4.02. The molecule has 0 spiro atoms. The molecule has 0 aliphatic rings. The van der Waals surface area contributed by atoms with E-state index < -0.39 is 5.97 Å². The van der Waals surface area contributed by atoms with Crippen LogP contribution in [0.4, 0.5) is 5.69 Å². The largest absolute Gasteiger partial charge is 0.464 e. The number of hydrazone groups is 1. The molecule has 1 N–H and O–H groups in total. The summed E-state index contributed by atoms with van der Waals surface area (Å²) in [5.74, 6) is -0.440. The molecule has 92 valence electrons. The Bertz CT molecular complexity index is 449. The van der Waals surface area contributed by atoms with Crippen LogP contribution in [0.25, 0.3) is 0 Å². The van der Waals surface area contributed by atoms with E-state index in [9.17, 15) is 4.79 Å². The Morgan fingerprint density at radius 1 is 1.59 bits per heavy atom. The number of carbonyl (C=O) groups excluding carboxylic acids is 1. The van der Waals surface area contributed by atoms with Gasteiger partial charge in [0.1, 0.15) is 5.71 Å². The molecule has 0 aliphatic heterocycles. The van der Waals surface area contributed by atoms with Gasteiger partial charge in [0, 0.05) is 9.50 Å². The molecule has 0 bridgehead atoms. The van der Waals surface area contributed by atoms with Gasteiger partial charge in [-0.15, -0.1) is 0 Å². The molecule has 0 unspecified atom stereocenters. The SMILES string of the molecule is CC/C(=N/Nc1ccc(Cl)cc1Br)C(=O)OC. The van der Waals surface area contributed by atoms with Gasteiger partial charge in [-0.25, -0.2) is 4.79 Å². The van der Waals surface area contributed by atoms with Crippen LogP contribution < -0.4 is 5.43 Å². The Balaban J connectivity index is 2.84. The Kier molecular flexibility index (Phi) is 5.44. The van der Waals surface area contributed by atoms with Gasteiger partial charge in [0.25, 0.3) is 0 Å². The number of ether oxygens (including phenoxy) is 1. The molecule has 0 saturated heterocycles. The van der Waals surface area contributed by atoms with E-state index in [1.165, 1.54) is 7.11 Å². The van der Waals surface area contributed by atoms with Crippen LogP contribution in [0.3, 0.4) is 0 Å². The fraction of sp³-hybridized carbons (Fsp3) is 0.273. The summed E-state index contributed by atoms with van der Waals surface area (Å²) in [7, 11) is 1.33. The Labute approximate surface area is 113 Å². The van der Waals surface area contributed by atoms with E-state index in [1.54, 1.807) is 18.2 Å². The van der Waals surface area contributed by atoms with E-state index in [-0.39, 0.29) is 0 Å². The van der Waals surface area contributed by atoms with Gasteiger partial charge in [-0.1, -0.05) is 18.5 Å². The molecule has 0 saturated carbocycles. The fourth-order valence-corrected chi connectivity index (χ4v) is 1.87. The molecule has 1 aromatic rings. The number of halogens is 2. The summed E-state index contributed by atoms with van der Waals surface area (Å²) in [6.45, 7) is 1.83. The smallest absolute Gasteiger partial charge is 0.354 e. The van der Waals surface area contributed by atoms with Crippen LogP contribution >= 0.6 is 27.5 Å². The number of anilines is 1. The van der Waals surface area contributed by atoms with Crippen molar-refractivity contribution in [3.05, 3.63) is 27.7 Å². The molecule has 0 aliphatic carbocycles. The van der Waals surface area contributed by atoms with Crippen molar-refractivity contribution in [3.63, 3.8) is 0 Å². The second kappa shape index (κ2) is 6.61. The molecule has 0 fully saturated rings. The van der Waals surface area contributed by atoms with Crippen LogP contribution in [0.1, 0.15) is 13.3 Å². The van der Waals surface area contributed by atoms with Gasteiger partial charge in [0.15, 0.2) is 0 Å². The standard InChI is InChI=1S/C11H12BrClN2O2/c1-3-9(11(16)17-2)14-15-10-5-4-7(13)6-8(10)12/h4-6,15H,3H2,1-2H3/b14-9-. The summed E-state index contributed by atoms with van der Waals surface area (Å²) >= 11 is 9.15. The monoisotopic (exact) mass is 318 g/mol. The van der Waals surface area contributed by atoms with Crippen LogP contribution in [0.2, 0.25) is 5.02 Å². The van der Waals surface area contributed by atoms with Gasteiger partial charge in [0.05, 0.1) is 12.8 Å². The molecule has 1 rings (SSSR count). The quantitative estimate of drug-likeness (QED) is 0.525. The van der Waals surface area contributed by atoms with Gasteiger partial charge >= 0.3 is 5.97 Å². The highest BCUT2D eigenvalue weighted by atomic mass is 79.9. The lowest BCUT2D eigenvalue weighted by Gasteiger charge is -2.06. The number of carbonyl (C=O) groups is 1. The molecular formula is C11H12BrClN2O2. The number of hydrogen-bond donors (Lipinski definition) is 1. The van der Waals surface area contributed by atoms with Crippen LogP contribution in [-0.4, -0.2) is 18.8 Å². The van der Waals surface area contributed by atoms with Crippen LogP contribution in [0.5, 0.6) is 0 Å². The summed E-state index contributed by atoms with van der Waals surface area (Å²) in [6, 6.07) is 5.23. The Hall–Kier alpha value is -1.07. The van der Waals surface area contributed by atoms with Crippen LogP contribution in [0.15, 0.2) is 27.8 Å². The minimum atomic E-state index is -0.440. The number of hydrogen-bond acceptors (Lipinski definition) is 4. The fourth-order valence-electron chi connectivity index (χ4n) is 1.09. The molecule has 0 atom stereocenters. The van der Waals surface area contributed by atoms with Gasteiger partial charge in [-0.2, -0.15) is 5.10 Å². The molecular weight excluding hydrogens is 307 g/mol. The summed E-state index contributed by atoms with van der Waals surface area (Å²) in [5.41, 5.74) is 3.84. The molecule has 0 radical (unpaired) electrons. The van der Waals surface area contributed by atoms with Gasteiger partial charge in [0.2, 0.25) is 0 Å². The predicted molar refractivity (Wildman–Crippen MR) is 72.5 cm³/mol. The zero-order valence-electron chi connectivity index (χ0n) is 9.46. The summed E-state index contributed by atoms with van der Waals surface area (Å²) in [4.78, 5) is 11.3. The average molecular weight is 320 g/mol. The van der Waals surface area contributed by atoms with E-state index in [4.69, 9.17) is 11.6 Å². The zero-order chi connectivity index (χ0) is 12.8. The molecule has 4 nitrogen and oxygen atoms in total. The molecule has 1 aromatic carbocycles. The molecule has 6 heteroatoms. The summed E-state index contributed by atoms with van der Waals surface area (Å²) in [6.07, 6.45) is 0.491. The maximum Gasteiger partial charge on any atom is 0.354 e. The minimum absolute atomic E-state index is 0.328. The maximum atomic E-state index is 11.3. The number of benzene rings is 1. The van der Waals surface area contributed by atoms with E-state index in [0.717, 1.165) is 10.2 Å². The van der Waals surface area contributed by atoms with Gasteiger partial charge < -0.3 is 4.74 Å². The lowest BCUT2D eigenvalue weighted by Crippen LogP contribution is -2.16. The number of esters is 1. The number of rotatable bonds is 4. The van der Waals surface area contributed by atoms with Crippen molar-refractivity contribution in [1.29, 1.82) is 0 Å². The number of nitrogens with zero attached hydrogens (tertiary/aromatic N) is 1. The van der Waals surface area contributed by atoms with Gasteiger partial charge in [-0.3, -0.25) is 5.43 Å². The third-order valence-corrected chi connectivity index (χ3v) is 2.89. The van der Waals surface area contributed by atoms with Crippen molar-refractivity contribution in [2.75, 3.05) is 12.5 Å². The highest BCUT2D eigenvalue weighted by Crippen LogP contribution is 2.25. The van der Waals surface area contributed by atoms with Crippen LogP contribution in [-0.2, 0) is 9.53 Å². The molecule has 0 amide bonds. The van der Waals surface area contributed by atoms with Crippen molar-refractivity contribution in [1.82, 2.24) is 0 Å². The first kappa shape index (κ1) is 14.0. The molecule has 0 heterocycles. The van der Waals surface area contributed by atoms with E-state index in [0.29, 0.717) is 17.2 Å². The Morgan fingerprint density at radius 2 is 2.29 bits per heavy atom. The minimum Gasteiger partial charge on any atom is -0.464 e. The predicted octanol–water partition coefficient (Wildman–Crippen LogP) is 3.45. The van der Waals surface area contributed by atoms with E-state index in [2.05, 4.69) is 31.2 Å². The highest BCUT2D eigenvalue weighted by Gasteiger charge is 2.09. The van der Waals surface area contributed by atoms with E-state index in [1.807, 2.05) is 6.92 Å². The van der Waals surface area contributed by atoms with E-state index >= 15 is 0 Å². The summed E-state index contributed by atoms with van der Waals surface area (Å²) < 4.78 is 5.37.